The number of benzene rings is 1. The summed E-state index contributed by atoms with van der Waals surface area (Å²) in [5, 5.41) is 15.4. The quantitative estimate of drug-likeness (QED) is 0.382. The molecule has 41 heavy (non-hydrogen) atoms. The van der Waals surface area contributed by atoms with E-state index in [1.165, 1.54) is 82.5 Å². The Hall–Kier alpha value is -2.92. The number of nitrogens with zero attached hydrogens (tertiary/aromatic N) is 2. The van der Waals surface area contributed by atoms with Crippen LogP contribution in [-0.4, -0.2) is 58.3 Å². The Bertz CT molecular complexity index is 1210. The minimum Gasteiger partial charge on any atom is -0.480 e. The van der Waals surface area contributed by atoms with Gasteiger partial charge in [0.15, 0.2) is 0 Å². The number of aliphatic carboxylic acids is 1. The van der Waals surface area contributed by atoms with E-state index in [0.29, 0.717) is 0 Å². The summed E-state index contributed by atoms with van der Waals surface area (Å²) in [5.41, 5.74) is 0.332. The number of carboxylic acid groups (broad SMARTS) is 1. The predicted octanol–water partition coefficient (Wildman–Crippen LogP) is 5.19. The molecule has 1 aromatic heterocycles. The maximum atomic E-state index is 12.6. The van der Waals surface area contributed by atoms with Gasteiger partial charge in [-0.3, -0.25) is 0 Å². The lowest BCUT2D eigenvalue weighted by atomic mass is 9.91. The number of carbonyl (C=O) groups excluding carboxylic acids is 1. The SMILES string of the molecule is C1CCC(NC2CCCCC2)CC1.Cc1ccc(S(=O)(=O)n2cnc(CC(NC(=O)OC(C)(C)C)C(=O)O)c2)cc1. The third-order valence-corrected chi connectivity index (χ3v) is 8.92. The second kappa shape index (κ2) is 14.8. The first-order valence-corrected chi connectivity index (χ1v) is 16.1. The standard InChI is InChI=1S/C18H23N3O6S.C12H23N/c1-12-5-7-14(8-6-12)28(25,26)21-10-13(19-11-21)9-15(16(22)23)20-17(24)27-18(2,3)4;1-3-7-11(8-4-1)13-12-9-5-2-6-10-12/h5-8,10-11,15H,9H2,1-4H3,(H,20,24)(H,22,23);11-13H,1-10H2. The third-order valence-electron chi connectivity index (χ3n) is 7.29. The first-order valence-electron chi connectivity index (χ1n) is 14.7. The molecule has 2 saturated carbocycles. The molecule has 1 aromatic carbocycles. The number of alkyl carbamates (subject to hydrolysis) is 1. The van der Waals surface area contributed by atoms with Gasteiger partial charge < -0.3 is 20.5 Å². The van der Waals surface area contributed by atoms with Crippen LogP contribution in [0.25, 0.3) is 0 Å². The number of carbonyl (C=O) groups is 2. The van der Waals surface area contributed by atoms with Crippen LogP contribution in [-0.2, 0) is 26.0 Å². The number of rotatable bonds is 8. The van der Waals surface area contributed by atoms with Gasteiger partial charge in [0.2, 0.25) is 0 Å². The Morgan fingerprint density at radius 2 is 1.54 bits per heavy atom. The van der Waals surface area contributed by atoms with E-state index >= 15 is 0 Å². The van der Waals surface area contributed by atoms with Crippen LogP contribution in [0.4, 0.5) is 4.79 Å². The number of hydrogen-bond donors (Lipinski definition) is 3. The zero-order valence-electron chi connectivity index (χ0n) is 24.8. The first kappa shape index (κ1) is 32.6. The summed E-state index contributed by atoms with van der Waals surface area (Å²) < 4.78 is 31.2. The fourth-order valence-corrected chi connectivity index (χ4v) is 6.30. The van der Waals surface area contributed by atoms with Gasteiger partial charge in [0.25, 0.3) is 10.0 Å². The highest BCUT2D eigenvalue weighted by Gasteiger charge is 2.26. The van der Waals surface area contributed by atoms with Crippen molar-refractivity contribution in [1.82, 2.24) is 19.6 Å². The van der Waals surface area contributed by atoms with Crippen LogP contribution in [0, 0.1) is 6.92 Å². The van der Waals surface area contributed by atoms with Gasteiger partial charge in [0, 0.05) is 24.7 Å². The molecule has 0 saturated heterocycles. The molecule has 228 valence electrons. The van der Waals surface area contributed by atoms with Gasteiger partial charge in [0.1, 0.15) is 18.0 Å². The Labute approximate surface area is 244 Å². The van der Waals surface area contributed by atoms with E-state index in [0.717, 1.165) is 27.9 Å². The van der Waals surface area contributed by atoms with E-state index in [1.807, 2.05) is 6.92 Å². The van der Waals surface area contributed by atoms with Crippen molar-refractivity contribution < 1.29 is 27.9 Å². The number of hydrogen-bond acceptors (Lipinski definition) is 7. The fourth-order valence-electron chi connectivity index (χ4n) is 5.14. The van der Waals surface area contributed by atoms with Crippen LogP contribution in [0.5, 0.6) is 0 Å². The van der Waals surface area contributed by atoms with Gasteiger partial charge in [-0.2, -0.15) is 0 Å². The largest absolute Gasteiger partial charge is 0.480 e. The van der Waals surface area contributed by atoms with Crippen LogP contribution in [0.15, 0.2) is 41.7 Å². The molecule has 2 aliphatic rings. The average molecular weight is 591 g/mol. The Kier molecular flexibility index (Phi) is 11.8. The van der Waals surface area contributed by atoms with Gasteiger partial charge in [-0.05, 0) is 65.5 Å². The van der Waals surface area contributed by atoms with E-state index in [2.05, 4.69) is 15.6 Å². The molecular weight excluding hydrogens is 544 g/mol. The molecule has 1 heterocycles. The minimum absolute atomic E-state index is 0.0868. The van der Waals surface area contributed by atoms with E-state index in [-0.39, 0.29) is 17.0 Å². The molecule has 0 aliphatic heterocycles. The topological polar surface area (TPSA) is 140 Å². The number of amides is 1. The molecule has 2 aliphatic carbocycles. The van der Waals surface area contributed by atoms with E-state index in [4.69, 9.17) is 4.74 Å². The Balaban J connectivity index is 0.000000294. The van der Waals surface area contributed by atoms with Crippen LogP contribution < -0.4 is 10.6 Å². The molecular formula is C30H46N4O6S. The van der Waals surface area contributed by atoms with Crippen LogP contribution in [0.2, 0.25) is 0 Å². The predicted molar refractivity (Wildman–Crippen MR) is 157 cm³/mol. The van der Waals surface area contributed by atoms with Crippen molar-refractivity contribution in [1.29, 1.82) is 0 Å². The smallest absolute Gasteiger partial charge is 0.408 e. The molecule has 1 unspecified atom stereocenters. The molecule has 0 spiro atoms. The van der Waals surface area contributed by atoms with Crippen LogP contribution in [0.1, 0.15) is 96.2 Å². The van der Waals surface area contributed by atoms with Gasteiger partial charge >= 0.3 is 12.1 Å². The molecule has 2 aromatic rings. The van der Waals surface area contributed by atoms with Crippen LogP contribution >= 0.6 is 0 Å². The second-order valence-corrected chi connectivity index (χ2v) is 13.9. The van der Waals surface area contributed by atoms with Crippen molar-refractivity contribution in [2.75, 3.05) is 0 Å². The van der Waals surface area contributed by atoms with Crippen molar-refractivity contribution in [2.24, 2.45) is 0 Å². The highest BCUT2D eigenvalue weighted by atomic mass is 32.2. The summed E-state index contributed by atoms with van der Waals surface area (Å²) in [4.78, 5) is 27.3. The van der Waals surface area contributed by atoms with Crippen molar-refractivity contribution in [3.05, 3.63) is 48.0 Å². The summed E-state index contributed by atoms with van der Waals surface area (Å²) in [5.74, 6) is -1.29. The third kappa shape index (κ3) is 10.8. The maximum Gasteiger partial charge on any atom is 0.408 e. The molecule has 1 atom stereocenters. The number of aromatic nitrogens is 2. The van der Waals surface area contributed by atoms with Gasteiger partial charge in [-0.15, -0.1) is 0 Å². The van der Waals surface area contributed by atoms with Crippen molar-refractivity contribution >= 4 is 22.1 Å². The van der Waals surface area contributed by atoms with Gasteiger partial charge in [0.05, 0.1) is 10.6 Å². The zero-order chi connectivity index (χ0) is 30.0. The van der Waals surface area contributed by atoms with Crippen molar-refractivity contribution in [2.45, 2.75) is 127 Å². The number of aryl methyl sites for hydroxylation is 1. The lowest BCUT2D eigenvalue weighted by Crippen LogP contribution is -2.44. The molecule has 2 fully saturated rings. The minimum atomic E-state index is -3.84. The van der Waals surface area contributed by atoms with E-state index < -0.39 is 33.7 Å². The lowest BCUT2D eigenvalue weighted by Gasteiger charge is -2.30. The Morgan fingerprint density at radius 3 is 2.02 bits per heavy atom. The lowest BCUT2D eigenvalue weighted by molar-refractivity contribution is -0.139. The number of ether oxygens (including phenoxy) is 1. The maximum absolute atomic E-state index is 12.6. The van der Waals surface area contributed by atoms with Crippen molar-refractivity contribution in [3.63, 3.8) is 0 Å². The highest BCUT2D eigenvalue weighted by molar-refractivity contribution is 7.90. The summed E-state index contributed by atoms with van der Waals surface area (Å²) >= 11 is 0. The van der Waals surface area contributed by atoms with Gasteiger partial charge in [-0.25, -0.2) is 27.0 Å². The average Bonchev–Trinajstić information content (AvgIpc) is 3.39. The number of nitrogens with one attached hydrogen (secondary N) is 2. The normalized spacial score (nSPS) is 17.7. The summed E-state index contributed by atoms with van der Waals surface area (Å²) in [6, 6.07) is 6.74. The van der Waals surface area contributed by atoms with E-state index in [1.54, 1.807) is 32.9 Å². The second-order valence-electron chi connectivity index (χ2n) is 12.1. The Morgan fingerprint density at radius 1 is 1.00 bits per heavy atom. The summed E-state index contributed by atoms with van der Waals surface area (Å²) in [7, 11) is -3.84. The monoisotopic (exact) mass is 590 g/mol. The molecule has 11 heteroatoms. The summed E-state index contributed by atoms with van der Waals surface area (Å²) in [6.45, 7) is 6.80. The summed E-state index contributed by atoms with van der Waals surface area (Å²) in [6.07, 6.45) is 15.8. The highest BCUT2D eigenvalue weighted by Crippen LogP contribution is 2.22. The van der Waals surface area contributed by atoms with Crippen molar-refractivity contribution in [3.8, 4) is 0 Å². The van der Waals surface area contributed by atoms with Gasteiger partial charge in [-0.1, -0.05) is 56.2 Å². The molecule has 0 bridgehead atoms. The number of imidazole rings is 1. The molecule has 10 nitrogen and oxygen atoms in total. The molecule has 3 N–H and O–H groups in total. The molecule has 0 radical (unpaired) electrons. The van der Waals surface area contributed by atoms with Crippen LogP contribution in [0.3, 0.4) is 0 Å². The zero-order valence-corrected chi connectivity index (χ0v) is 25.6. The number of carboxylic acids is 1. The fraction of sp³-hybridized carbons (Fsp3) is 0.633. The first-order chi connectivity index (χ1) is 19.3. The molecule has 4 rings (SSSR count). The molecule has 1 amide bonds. The van der Waals surface area contributed by atoms with E-state index in [9.17, 15) is 23.1 Å².